The van der Waals surface area contributed by atoms with Gasteiger partial charge in [0.1, 0.15) is 5.69 Å². The molecular weight excluding hydrogens is 292 g/mol. The third-order valence-electron chi connectivity index (χ3n) is 3.58. The fourth-order valence-corrected chi connectivity index (χ4v) is 2.29. The number of carbonyl (C=O) groups excluding carboxylic acids is 2. The topological polar surface area (TPSA) is 68.3 Å². The summed E-state index contributed by atoms with van der Waals surface area (Å²) in [5.41, 5.74) is 3.44. The van der Waals surface area contributed by atoms with E-state index in [1.165, 1.54) is 25.4 Å². The Morgan fingerprint density at radius 1 is 1.17 bits per heavy atom. The number of amides is 1. The summed E-state index contributed by atoms with van der Waals surface area (Å²) in [5, 5.41) is 2.92. The second-order valence-corrected chi connectivity index (χ2v) is 5.57. The van der Waals surface area contributed by atoms with E-state index in [4.69, 9.17) is 0 Å². The lowest BCUT2D eigenvalue weighted by Gasteiger charge is -2.16. The van der Waals surface area contributed by atoms with Crippen LogP contribution in [0.25, 0.3) is 0 Å². The van der Waals surface area contributed by atoms with Crippen molar-refractivity contribution in [2.75, 3.05) is 12.4 Å². The number of benzene rings is 1. The van der Waals surface area contributed by atoms with Gasteiger partial charge in [-0.3, -0.25) is 9.78 Å². The van der Waals surface area contributed by atoms with Crippen molar-refractivity contribution >= 4 is 17.6 Å². The zero-order valence-electron chi connectivity index (χ0n) is 13.7. The van der Waals surface area contributed by atoms with Crippen molar-refractivity contribution < 1.29 is 14.3 Å². The van der Waals surface area contributed by atoms with Crippen LogP contribution in [0.2, 0.25) is 0 Å². The zero-order chi connectivity index (χ0) is 17.0. The predicted molar refractivity (Wildman–Crippen MR) is 88.8 cm³/mol. The molecule has 0 saturated heterocycles. The van der Waals surface area contributed by atoms with Crippen LogP contribution in [0.3, 0.4) is 0 Å². The summed E-state index contributed by atoms with van der Waals surface area (Å²) in [7, 11) is 1.30. The quantitative estimate of drug-likeness (QED) is 0.877. The summed E-state index contributed by atoms with van der Waals surface area (Å²) < 4.78 is 4.61. The highest BCUT2D eigenvalue weighted by atomic mass is 16.5. The number of nitrogens with one attached hydrogen (secondary N) is 1. The number of aromatic nitrogens is 1. The van der Waals surface area contributed by atoms with E-state index in [0.29, 0.717) is 11.5 Å². The largest absolute Gasteiger partial charge is 0.465 e. The highest BCUT2D eigenvalue weighted by Gasteiger charge is 2.15. The summed E-state index contributed by atoms with van der Waals surface area (Å²) in [6.45, 7) is 6.11. The van der Waals surface area contributed by atoms with E-state index in [-0.39, 0.29) is 11.6 Å². The van der Waals surface area contributed by atoms with E-state index in [2.05, 4.69) is 28.9 Å². The van der Waals surface area contributed by atoms with E-state index >= 15 is 0 Å². The average Bonchev–Trinajstić information content (AvgIpc) is 2.55. The number of ether oxygens (including phenoxy) is 1. The van der Waals surface area contributed by atoms with Gasteiger partial charge < -0.3 is 10.1 Å². The smallest absolute Gasteiger partial charge is 0.339 e. The molecule has 2 aromatic rings. The molecule has 0 bridgehead atoms. The van der Waals surface area contributed by atoms with Gasteiger partial charge in [-0.2, -0.15) is 0 Å². The van der Waals surface area contributed by atoms with Crippen LogP contribution in [0, 0.1) is 6.92 Å². The molecule has 0 fully saturated rings. The van der Waals surface area contributed by atoms with Crippen molar-refractivity contribution in [1.82, 2.24) is 4.98 Å². The number of carbonyl (C=O) groups is 2. The molecule has 1 aromatic heterocycles. The maximum absolute atomic E-state index is 12.4. The van der Waals surface area contributed by atoms with Crippen LogP contribution in [-0.4, -0.2) is 24.0 Å². The minimum Gasteiger partial charge on any atom is -0.465 e. The van der Waals surface area contributed by atoms with Crippen LogP contribution in [0.4, 0.5) is 5.69 Å². The summed E-state index contributed by atoms with van der Waals surface area (Å²) in [6, 6.07) is 8.96. The number of methoxy groups -OCH3 is 1. The highest BCUT2D eigenvalue weighted by Crippen LogP contribution is 2.27. The van der Waals surface area contributed by atoms with E-state index in [1.54, 1.807) is 0 Å². The van der Waals surface area contributed by atoms with Crippen molar-refractivity contribution in [3.8, 4) is 0 Å². The molecule has 0 aliphatic heterocycles. The molecule has 2 rings (SSSR count). The lowest BCUT2D eigenvalue weighted by Crippen LogP contribution is -2.16. The maximum Gasteiger partial charge on any atom is 0.339 e. The molecule has 0 unspecified atom stereocenters. The summed E-state index contributed by atoms with van der Waals surface area (Å²) >= 11 is 0. The normalized spacial score (nSPS) is 10.5. The molecule has 0 radical (unpaired) electrons. The van der Waals surface area contributed by atoms with Crippen LogP contribution < -0.4 is 5.32 Å². The van der Waals surface area contributed by atoms with Crippen LogP contribution >= 0.6 is 0 Å². The van der Waals surface area contributed by atoms with Crippen LogP contribution in [0.5, 0.6) is 0 Å². The second-order valence-electron chi connectivity index (χ2n) is 5.57. The van der Waals surface area contributed by atoms with Crippen molar-refractivity contribution in [2.45, 2.75) is 26.7 Å². The molecule has 0 aliphatic rings. The third kappa shape index (κ3) is 3.74. The molecule has 5 nitrogen and oxygen atoms in total. The molecular formula is C18H20N2O3. The van der Waals surface area contributed by atoms with E-state index < -0.39 is 5.97 Å². The number of rotatable bonds is 4. The number of anilines is 1. The first-order valence-electron chi connectivity index (χ1n) is 7.39. The number of hydrogen-bond donors (Lipinski definition) is 1. The van der Waals surface area contributed by atoms with Gasteiger partial charge >= 0.3 is 5.97 Å². The number of esters is 1. The van der Waals surface area contributed by atoms with Crippen molar-refractivity contribution in [3.63, 3.8) is 0 Å². The van der Waals surface area contributed by atoms with Gasteiger partial charge in [-0.05, 0) is 36.1 Å². The Labute approximate surface area is 135 Å². The van der Waals surface area contributed by atoms with E-state index in [1.807, 2.05) is 25.1 Å². The molecule has 0 saturated carbocycles. The molecule has 1 N–H and O–H groups in total. The lowest BCUT2D eigenvalue weighted by atomic mass is 9.98. The first-order chi connectivity index (χ1) is 10.9. The molecule has 5 heteroatoms. The van der Waals surface area contributed by atoms with Crippen LogP contribution in [0.1, 0.15) is 51.7 Å². The molecule has 0 aliphatic carbocycles. The van der Waals surface area contributed by atoms with Gasteiger partial charge in [-0.15, -0.1) is 0 Å². The molecule has 23 heavy (non-hydrogen) atoms. The van der Waals surface area contributed by atoms with Gasteiger partial charge in [-0.25, -0.2) is 4.79 Å². The first-order valence-corrected chi connectivity index (χ1v) is 7.39. The van der Waals surface area contributed by atoms with Gasteiger partial charge in [0.25, 0.3) is 5.91 Å². The second kappa shape index (κ2) is 7.05. The van der Waals surface area contributed by atoms with E-state index in [9.17, 15) is 9.59 Å². The molecule has 1 heterocycles. The molecule has 120 valence electrons. The summed E-state index contributed by atoms with van der Waals surface area (Å²) in [4.78, 5) is 27.8. The fraction of sp³-hybridized carbons (Fsp3) is 0.278. The monoisotopic (exact) mass is 312 g/mol. The first kappa shape index (κ1) is 16.7. The van der Waals surface area contributed by atoms with Crippen LogP contribution in [-0.2, 0) is 4.74 Å². The molecule has 1 aromatic carbocycles. The Bertz CT molecular complexity index is 722. The molecule has 1 amide bonds. The van der Waals surface area contributed by atoms with Crippen molar-refractivity contribution in [1.29, 1.82) is 0 Å². The highest BCUT2D eigenvalue weighted by molar-refractivity contribution is 6.04. The SMILES string of the molecule is COC(=O)c1ccc(C(=O)Nc2c(C)cccc2C(C)C)nc1. The van der Waals surface area contributed by atoms with E-state index in [0.717, 1.165) is 16.8 Å². The minimum atomic E-state index is -0.481. The van der Waals surface area contributed by atoms with Gasteiger partial charge in [0.05, 0.1) is 12.7 Å². The maximum atomic E-state index is 12.4. The fourth-order valence-electron chi connectivity index (χ4n) is 2.29. The minimum absolute atomic E-state index is 0.246. The number of nitrogens with zero attached hydrogens (tertiary/aromatic N) is 1. The Balaban J connectivity index is 2.24. The van der Waals surface area contributed by atoms with Gasteiger partial charge in [0, 0.05) is 11.9 Å². The third-order valence-corrected chi connectivity index (χ3v) is 3.58. The van der Waals surface area contributed by atoms with Crippen molar-refractivity contribution in [3.05, 3.63) is 58.9 Å². The number of aryl methyl sites for hydroxylation is 1. The lowest BCUT2D eigenvalue weighted by molar-refractivity contribution is 0.0600. The average molecular weight is 312 g/mol. The van der Waals surface area contributed by atoms with Gasteiger partial charge in [-0.1, -0.05) is 32.0 Å². The predicted octanol–water partition coefficient (Wildman–Crippen LogP) is 3.55. The number of hydrogen-bond acceptors (Lipinski definition) is 4. The van der Waals surface area contributed by atoms with Gasteiger partial charge in [0.15, 0.2) is 0 Å². The number of para-hydroxylation sites is 1. The summed E-state index contributed by atoms with van der Waals surface area (Å²) in [5.74, 6) is -0.497. The number of pyridine rings is 1. The molecule has 0 spiro atoms. The Morgan fingerprint density at radius 3 is 2.48 bits per heavy atom. The van der Waals surface area contributed by atoms with Gasteiger partial charge in [0.2, 0.25) is 0 Å². The Morgan fingerprint density at radius 2 is 1.91 bits per heavy atom. The summed E-state index contributed by atoms with van der Waals surface area (Å²) in [6.07, 6.45) is 1.34. The Hall–Kier alpha value is -2.69. The standard InChI is InChI=1S/C18H20N2O3/c1-11(2)14-7-5-6-12(3)16(14)20-17(21)15-9-8-13(10-19-15)18(22)23-4/h5-11H,1-4H3,(H,20,21). The Kier molecular flexibility index (Phi) is 5.11. The zero-order valence-corrected chi connectivity index (χ0v) is 13.7. The molecule has 0 atom stereocenters. The van der Waals surface area contributed by atoms with Crippen LogP contribution in [0.15, 0.2) is 36.5 Å². The van der Waals surface area contributed by atoms with Crippen molar-refractivity contribution in [2.24, 2.45) is 0 Å².